The smallest absolute Gasteiger partial charge is 0.251 e. The van der Waals surface area contributed by atoms with E-state index in [9.17, 15) is 4.79 Å². The van der Waals surface area contributed by atoms with Crippen molar-refractivity contribution in [2.24, 2.45) is 4.99 Å². The van der Waals surface area contributed by atoms with Crippen molar-refractivity contribution in [3.8, 4) is 5.75 Å². The van der Waals surface area contributed by atoms with Gasteiger partial charge < -0.3 is 19.9 Å². The number of nitrogens with zero attached hydrogens (tertiary/aromatic N) is 1. The highest BCUT2D eigenvalue weighted by Gasteiger charge is 2.44. The first-order valence-corrected chi connectivity index (χ1v) is 13.5. The van der Waals surface area contributed by atoms with E-state index in [1.165, 1.54) is 5.56 Å². The highest BCUT2D eigenvalue weighted by molar-refractivity contribution is 9.10. The molecule has 0 spiro atoms. The van der Waals surface area contributed by atoms with Gasteiger partial charge >= 0.3 is 0 Å². The number of halogens is 1. The molecular formula is C30H33BrN2O4. The van der Waals surface area contributed by atoms with E-state index < -0.39 is 5.54 Å². The predicted molar refractivity (Wildman–Crippen MR) is 149 cm³/mol. The first-order valence-electron chi connectivity index (χ1n) is 12.7. The molecule has 4 rings (SSSR count). The van der Waals surface area contributed by atoms with Gasteiger partial charge in [-0.05, 0) is 60.7 Å². The van der Waals surface area contributed by atoms with Crippen LogP contribution in [-0.2, 0) is 22.4 Å². The van der Waals surface area contributed by atoms with E-state index in [0.717, 1.165) is 34.9 Å². The Labute approximate surface area is 226 Å². The highest BCUT2D eigenvalue weighted by atomic mass is 79.9. The largest absolute Gasteiger partial charge is 0.494 e. The summed E-state index contributed by atoms with van der Waals surface area (Å²) in [5.41, 5.74) is 2.05. The number of aliphatic imine (C=N–C) groups is 1. The fraction of sp³-hybridized carbons (Fsp3) is 0.333. The van der Waals surface area contributed by atoms with Crippen LogP contribution in [0.5, 0.6) is 5.75 Å². The van der Waals surface area contributed by atoms with Gasteiger partial charge in [-0.3, -0.25) is 4.79 Å². The van der Waals surface area contributed by atoms with Gasteiger partial charge in [0.25, 0.3) is 5.91 Å². The quantitative estimate of drug-likeness (QED) is 0.283. The van der Waals surface area contributed by atoms with Gasteiger partial charge in [0.2, 0.25) is 5.90 Å². The standard InChI is InChI=1S/C30H33BrN2O4/c31-27-13-5-4-12-25(27)21-30(29(35)32-18-7-6-11-23-9-2-1-3-10-23)22-37-28(33-30)24-14-16-26(17-15-24)36-20-8-19-34/h1-5,9-10,12-17,34H,6-8,11,18-22H2,(H,32,35)/t30-/m1/s1. The third kappa shape index (κ3) is 7.43. The number of aryl methyl sites for hydroxylation is 1. The fourth-order valence-corrected chi connectivity index (χ4v) is 4.68. The van der Waals surface area contributed by atoms with E-state index in [1.807, 2.05) is 54.6 Å². The Morgan fingerprint density at radius 2 is 1.76 bits per heavy atom. The van der Waals surface area contributed by atoms with Gasteiger partial charge in [0.1, 0.15) is 12.4 Å². The van der Waals surface area contributed by atoms with E-state index in [1.54, 1.807) is 0 Å². The number of rotatable bonds is 13. The second-order valence-electron chi connectivity index (χ2n) is 9.15. The summed E-state index contributed by atoms with van der Waals surface area (Å²) in [5.74, 6) is 1.04. The third-order valence-corrected chi connectivity index (χ3v) is 7.09. The molecule has 0 radical (unpaired) electrons. The zero-order chi connectivity index (χ0) is 25.9. The molecular weight excluding hydrogens is 532 g/mol. The summed E-state index contributed by atoms with van der Waals surface area (Å²) >= 11 is 3.62. The second-order valence-corrected chi connectivity index (χ2v) is 10.0. The Hall–Kier alpha value is -3.16. The first kappa shape index (κ1) is 26.9. The molecule has 0 saturated heterocycles. The topological polar surface area (TPSA) is 80.2 Å². The minimum absolute atomic E-state index is 0.0947. The summed E-state index contributed by atoms with van der Waals surface area (Å²) in [6.07, 6.45) is 3.89. The Morgan fingerprint density at radius 1 is 1.00 bits per heavy atom. The van der Waals surface area contributed by atoms with Gasteiger partial charge in [-0.15, -0.1) is 0 Å². The highest BCUT2D eigenvalue weighted by Crippen LogP contribution is 2.30. The molecule has 6 nitrogen and oxygen atoms in total. The predicted octanol–water partition coefficient (Wildman–Crippen LogP) is 5.11. The number of aliphatic hydroxyl groups is 1. The number of hydrogen-bond donors (Lipinski definition) is 2. The fourth-order valence-electron chi connectivity index (χ4n) is 4.25. The molecule has 1 heterocycles. The number of amides is 1. The summed E-state index contributed by atoms with van der Waals surface area (Å²) in [6.45, 7) is 1.31. The van der Waals surface area contributed by atoms with Gasteiger partial charge in [0.15, 0.2) is 5.54 Å². The molecule has 1 amide bonds. The lowest BCUT2D eigenvalue weighted by Gasteiger charge is -2.24. The van der Waals surface area contributed by atoms with Crippen LogP contribution in [0.2, 0.25) is 0 Å². The maximum Gasteiger partial charge on any atom is 0.251 e. The van der Waals surface area contributed by atoms with Crippen molar-refractivity contribution in [3.05, 3.63) is 100 Å². The SMILES string of the molecule is O=C(NCCCCc1ccccc1)[C@@]1(Cc2ccccc2Br)COC(c2ccc(OCCCO)cc2)=N1. The van der Waals surface area contributed by atoms with Gasteiger partial charge in [0, 0.05) is 36.0 Å². The Morgan fingerprint density at radius 3 is 2.51 bits per heavy atom. The lowest BCUT2D eigenvalue weighted by Crippen LogP contribution is -2.48. The van der Waals surface area contributed by atoms with E-state index >= 15 is 0 Å². The number of aliphatic hydroxyl groups excluding tert-OH is 1. The molecule has 37 heavy (non-hydrogen) atoms. The second kappa shape index (κ2) is 13.4. The molecule has 0 aliphatic carbocycles. The molecule has 1 aliphatic heterocycles. The maximum atomic E-state index is 13.5. The molecule has 7 heteroatoms. The minimum atomic E-state index is -1.05. The zero-order valence-corrected chi connectivity index (χ0v) is 22.5. The van der Waals surface area contributed by atoms with Crippen LogP contribution < -0.4 is 10.1 Å². The van der Waals surface area contributed by atoms with Gasteiger partial charge in [-0.25, -0.2) is 4.99 Å². The van der Waals surface area contributed by atoms with Crippen molar-refractivity contribution < 1.29 is 19.4 Å². The van der Waals surface area contributed by atoms with Crippen molar-refractivity contribution in [1.82, 2.24) is 5.32 Å². The number of unbranched alkanes of at least 4 members (excludes halogenated alkanes) is 1. The van der Waals surface area contributed by atoms with Crippen LogP contribution in [0.15, 0.2) is 88.3 Å². The Kier molecular flexibility index (Phi) is 9.74. The van der Waals surface area contributed by atoms with Crippen molar-refractivity contribution in [3.63, 3.8) is 0 Å². The molecule has 3 aromatic rings. The normalized spacial score (nSPS) is 16.6. The average molecular weight is 566 g/mol. The molecule has 194 valence electrons. The van der Waals surface area contributed by atoms with Gasteiger partial charge in [-0.1, -0.05) is 64.5 Å². The maximum absolute atomic E-state index is 13.5. The summed E-state index contributed by atoms with van der Waals surface area (Å²) in [6, 6.07) is 25.7. The van der Waals surface area contributed by atoms with Crippen LogP contribution in [0.1, 0.15) is 36.0 Å². The number of carbonyl (C=O) groups excluding carboxylic acids is 1. The first-order chi connectivity index (χ1) is 18.1. The van der Waals surface area contributed by atoms with Gasteiger partial charge in [-0.2, -0.15) is 0 Å². The van der Waals surface area contributed by atoms with Gasteiger partial charge in [0.05, 0.1) is 6.61 Å². The zero-order valence-electron chi connectivity index (χ0n) is 20.9. The molecule has 3 aromatic carbocycles. The average Bonchev–Trinajstić information content (AvgIpc) is 3.36. The molecule has 0 unspecified atom stereocenters. The molecule has 0 fully saturated rings. The van der Waals surface area contributed by atoms with Crippen LogP contribution in [0.4, 0.5) is 0 Å². The van der Waals surface area contributed by atoms with Crippen LogP contribution in [0, 0.1) is 0 Å². The minimum Gasteiger partial charge on any atom is -0.494 e. The molecule has 0 aromatic heterocycles. The Bertz CT molecular complexity index is 1180. The third-order valence-electron chi connectivity index (χ3n) is 6.32. The monoisotopic (exact) mass is 564 g/mol. The summed E-state index contributed by atoms with van der Waals surface area (Å²) in [4.78, 5) is 18.4. The number of carbonyl (C=O) groups is 1. The molecule has 1 atom stereocenters. The van der Waals surface area contributed by atoms with Crippen molar-refractivity contribution in [2.45, 2.75) is 37.6 Å². The van der Waals surface area contributed by atoms with E-state index in [4.69, 9.17) is 19.6 Å². The number of hydrogen-bond acceptors (Lipinski definition) is 5. The Balaban J connectivity index is 1.44. The van der Waals surface area contributed by atoms with E-state index in [0.29, 0.717) is 37.6 Å². The number of benzene rings is 3. The summed E-state index contributed by atoms with van der Waals surface area (Å²) in [7, 11) is 0. The van der Waals surface area contributed by atoms with E-state index in [-0.39, 0.29) is 19.1 Å². The van der Waals surface area contributed by atoms with Crippen LogP contribution in [-0.4, -0.2) is 48.8 Å². The lowest BCUT2D eigenvalue weighted by atomic mass is 9.91. The van der Waals surface area contributed by atoms with Crippen molar-refractivity contribution >= 4 is 27.7 Å². The summed E-state index contributed by atoms with van der Waals surface area (Å²) in [5, 5.41) is 12.0. The summed E-state index contributed by atoms with van der Waals surface area (Å²) < 4.78 is 12.6. The van der Waals surface area contributed by atoms with Crippen molar-refractivity contribution in [2.75, 3.05) is 26.4 Å². The molecule has 0 saturated carbocycles. The van der Waals surface area contributed by atoms with Crippen molar-refractivity contribution in [1.29, 1.82) is 0 Å². The molecule has 2 N–H and O–H groups in total. The van der Waals surface area contributed by atoms with E-state index in [2.05, 4.69) is 45.5 Å². The van der Waals surface area contributed by atoms with Crippen LogP contribution in [0.25, 0.3) is 0 Å². The van der Waals surface area contributed by atoms with Crippen LogP contribution in [0.3, 0.4) is 0 Å². The molecule has 0 bridgehead atoms. The number of nitrogens with one attached hydrogen (secondary N) is 1. The lowest BCUT2D eigenvalue weighted by molar-refractivity contribution is -0.126. The van der Waals surface area contributed by atoms with Crippen LogP contribution >= 0.6 is 15.9 Å². The molecule has 1 aliphatic rings. The number of ether oxygens (including phenoxy) is 2.